The Morgan fingerprint density at radius 3 is 2.47 bits per heavy atom. The number of hydrogen-bond donors (Lipinski definition) is 1. The van der Waals surface area contributed by atoms with Gasteiger partial charge in [-0.25, -0.2) is 0 Å². The SMILES string of the molecule is CC(C)(C)n1c(CN)nnc1Cc1cccc(Br)c1. The van der Waals surface area contributed by atoms with E-state index in [1.807, 2.05) is 12.1 Å². The highest BCUT2D eigenvalue weighted by Gasteiger charge is 2.22. The molecule has 0 atom stereocenters. The van der Waals surface area contributed by atoms with E-state index < -0.39 is 0 Å². The van der Waals surface area contributed by atoms with Crippen molar-refractivity contribution in [1.82, 2.24) is 14.8 Å². The predicted molar refractivity (Wildman–Crippen MR) is 79.9 cm³/mol. The van der Waals surface area contributed by atoms with Gasteiger partial charge in [-0.1, -0.05) is 28.1 Å². The van der Waals surface area contributed by atoms with Crippen molar-refractivity contribution in [2.75, 3.05) is 0 Å². The van der Waals surface area contributed by atoms with E-state index in [1.54, 1.807) is 0 Å². The van der Waals surface area contributed by atoms with Gasteiger partial charge in [0.1, 0.15) is 11.6 Å². The molecule has 102 valence electrons. The number of nitrogens with zero attached hydrogens (tertiary/aromatic N) is 3. The minimum Gasteiger partial charge on any atom is -0.324 e. The van der Waals surface area contributed by atoms with Gasteiger partial charge in [0.15, 0.2) is 0 Å². The fraction of sp³-hybridized carbons (Fsp3) is 0.429. The monoisotopic (exact) mass is 322 g/mol. The fourth-order valence-electron chi connectivity index (χ4n) is 2.20. The van der Waals surface area contributed by atoms with Crippen LogP contribution in [0.5, 0.6) is 0 Å². The summed E-state index contributed by atoms with van der Waals surface area (Å²) in [6, 6.07) is 8.24. The molecule has 1 heterocycles. The van der Waals surface area contributed by atoms with Gasteiger partial charge < -0.3 is 10.3 Å². The molecule has 0 aliphatic carbocycles. The lowest BCUT2D eigenvalue weighted by Crippen LogP contribution is -2.27. The third-order valence-corrected chi connectivity index (χ3v) is 3.40. The molecule has 0 amide bonds. The van der Waals surface area contributed by atoms with Crippen LogP contribution in [0.25, 0.3) is 0 Å². The number of aromatic nitrogens is 3. The van der Waals surface area contributed by atoms with Gasteiger partial charge in [-0.3, -0.25) is 0 Å². The summed E-state index contributed by atoms with van der Waals surface area (Å²) in [4.78, 5) is 0. The second-order valence-corrected chi connectivity index (χ2v) is 6.47. The van der Waals surface area contributed by atoms with Gasteiger partial charge in [0.25, 0.3) is 0 Å². The van der Waals surface area contributed by atoms with Crippen molar-refractivity contribution in [3.05, 3.63) is 46.0 Å². The van der Waals surface area contributed by atoms with E-state index in [2.05, 4.69) is 63.6 Å². The molecular formula is C14H19BrN4. The third-order valence-electron chi connectivity index (χ3n) is 2.90. The zero-order valence-electron chi connectivity index (χ0n) is 11.5. The molecule has 4 nitrogen and oxygen atoms in total. The van der Waals surface area contributed by atoms with Gasteiger partial charge in [0, 0.05) is 16.4 Å². The second kappa shape index (κ2) is 5.43. The van der Waals surface area contributed by atoms with Crippen molar-refractivity contribution in [1.29, 1.82) is 0 Å². The summed E-state index contributed by atoms with van der Waals surface area (Å²) < 4.78 is 3.21. The van der Waals surface area contributed by atoms with Crippen LogP contribution in [-0.2, 0) is 18.5 Å². The molecule has 5 heteroatoms. The standard InChI is InChI=1S/C14H19BrN4/c1-14(2,3)19-12(17-18-13(19)9-16)8-10-5-4-6-11(15)7-10/h4-7H,8-9,16H2,1-3H3. The molecule has 0 aliphatic heterocycles. The van der Waals surface area contributed by atoms with Gasteiger partial charge >= 0.3 is 0 Å². The van der Waals surface area contributed by atoms with E-state index in [1.165, 1.54) is 5.56 Å². The first-order valence-corrected chi connectivity index (χ1v) is 7.09. The van der Waals surface area contributed by atoms with Crippen LogP contribution in [0.15, 0.2) is 28.7 Å². The number of halogens is 1. The average molecular weight is 323 g/mol. The van der Waals surface area contributed by atoms with E-state index >= 15 is 0 Å². The highest BCUT2D eigenvalue weighted by molar-refractivity contribution is 9.10. The maximum atomic E-state index is 5.75. The molecule has 2 aromatic rings. The van der Waals surface area contributed by atoms with Crippen molar-refractivity contribution < 1.29 is 0 Å². The van der Waals surface area contributed by atoms with E-state index in [-0.39, 0.29) is 5.54 Å². The molecule has 0 fully saturated rings. The molecule has 0 unspecified atom stereocenters. The van der Waals surface area contributed by atoms with Crippen LogP contribution in [0.2, 0.25) is 0 Å². The lowest BCUT2D eigenvalue weighted by Gasteiger charge is -2.24. The van der Waals surface area contributed by atoms with Crippen LogP contribution in [0.1, 0.15) is 38.0 Å². The number of rotatable bonds is 3. The zero-order valence-corrected chi connectivity index (χ0v) is 13.1. The first-order chi connectivity index (χ1) is 8.91. The molecule has 0 spiro atoms. The van der Waals surface area contributed by atoms with Gasteiger partial charge in [-0.05, 0) is 38.5 Å². The van der Waals surface area contributed by atoms with Crippen molar-refractivity contribution in [3.8, 4) is 0 Å². The van der Waals surface area contributed by atoms with Gasteiger partial charge in [-0.15, -0.1) is 10.2 Å². The fourth-order valence-corrected chi connectivity index (χ4v) is 2.65. The summed E-state index contributed by atoms with van der Waals surface area (Å²) in [5.41, 5.74) is 6.88. The quantitative estimate of drug-likeness (QED) is 0.945. The Morgan fingerprint density at radius 1 is 1.21 bits per heavy atom. The predicted octanol–water partition coefficient (Wildman–Crippen LogP) is 2.85. The number of hydrogen-bond acceptors (Lipinski definition) is 3. The van der Waals surface area contributed by atoms with Crippen LogP contribution < -0.4 is 5.73 Å². The largest absolute Gasteiger partial charge is 0.324 e. The Balaban J connectivity index is 2.38. The number of benzene rings is 1. The maximum Gasteiger partial charge on any atom is 0.147 e. The minimum absolute atomic E-state index is 0.0699. The van der Waals surface area contributed by atoms with Crippen molar-refractivity contribution in [3.63, 3.8) is 0 Å². The normalized spacial score (nSPS) is 11.8. The van der Waals surface area contributed by atoms with E-state index in [9.17, 15) is 0 Å². The topological polar surface area (TPSA) is 56.7 Å². The van der Waals surface area contributed by atoms with Crippen LogP contribution >= 0.6 is 15.9 Å². The summed E-state index contributed by atoms with van der Waals surface area (Å²) in [5, 5.41) is 8.49. The smallest absolute Gasteiger partial charge is 0.147 e. The van der Waals surface area contributed by atoms with Crippen molar-refractivity contribution >= 4 is 15.9 Å². The van der Waals surface area contributed by atoms with Crippen molar-refractivity contribution in [2.45, 2.75) is 39.3 Å². The van der Waals surface area contributed by atoms with Crippen LogP contribution in [0.3, 0.4) is 0 Å². The van der Waals surface area contributed by atoms with E-state index in [4.69, 9.17) is 5.73 Å². The van der Waals surface area contributed by atoms with Crippen molar-refractivity contribution in [2.24, 2.45) is 5.73 Å². The summed E-state index contributed by atoms with van der Waals surface area (Å²) >= 11 is 3.49. The minimum atomic E-state index is -0.0699. The first-order valence-electron chi connectivity index (χ1n) is 6.30. The van der Waals surface area contributed by atoms with Crippen LogP contribution in [0, 0.1) is 0 Å². The van der Waals surface area contributed by atoms with E-state index in [0.29, 0.717) is 6.54 Å². The van der Waals surface area contributed by atoms with Crippen LogP contribution in [-0.4, -0.2) is 14.8 Å². The highest BCUT2D eigenvalue weighted by Crippen LogP contribution is 2.21. The molecule has 0 saturated carbocycles. The molecule has 0 aliphatic rings. The molecule has 2 rings (SSSR count). The Labute approximate surface area is 122 Å². The molecule has 0 bridgehead atoms. The molecular weight excluding hydrogens is 304 g/mol. The zero-order chi connectivity index (χ0) is 14.0. The molecule has 19 heavy (non-hydrogen) atoms. The second-order valence-electron chi connectivity index (χ2n) is 5.55. The number of nitrogens with two attached hydrogens (primary N) is 1. The lowest BCUT2D eigenvalue weighted by molar-refractivity contribution is 0.371. The average Bonchev–Trinajstić information content (AvgIpc) is 2.71. The molecule has 1 aromatic heterocycles. The Hall–Kier alpha value is -1.20. The summed E-state index contributed by atoms with van der Waals surface area (Å²) in [6.07, 6.45) is 0.754. The Kier molecular flexibility index (Phi) is 4.06. The summed E-state index contributed by atoms with van der Waals surface area (Å²) in [6.45, 7) is 6.82. The summed E-state index contributed by atoms with van der Waals surface area (Å²) in [7, 11) is 0. The molecule has 2 N–H and O–H groups in total. The molecule has 1 aromatic carbocycles. The summed E-state index contributed by atoms with van der Waals surface area (Å²) in [5.74, 6) is 1.78. The van der Waals surface area contributed by atoms with Gasteiger partial charge in [-0.2, -0.15) is 0 Å². The van der Waals surface area contributed by atoms with Crippen LogP contribution in [0.4, 0.5) is 0 Å². The third kappa shape index (κ3) is 3.22. The Morgan fingerprint density at radius 2 is 1.89 bits per heavy atom. The van der Waals surface area contributed by atoms with Gasteiger partial charge in [0.05, 0.1) is 6.54 Å². The maximum absolute atomic E-state index is 5.75. The highest BCUT2D eigenvalue weighted by atomic mass is 79.9. The molecule has 0 saturated heterocycles. The first kappa shape index (κ1) is 14.2. The lowest BCUT2D eigenvalue weighted by atomic mass is 10.1. The van der Waals surface area contributed by atoms with E-state index in [0.717, 1.165) is 22.5 Å². The molecule has 0 radical (unpaired) electrons. The Bertz CT molecular complexity index is 569. The van der Waals surface area contributed by atoms with Gasteiger partial charge in [0.2, 0.25) is 0 Å².